The number of nitrogens with one attached hydrogen (secondary N) is 3. The van der Waals surface area contributed by atoms with Gasteiger partial charge in [-0.15, -0.1) is 0 Å². The molecule has 9 heteroatoms. The molecule has 3 amide bonds. The zero-order chi connectivity index (χ0) is 18.7. The van der Waals surface area contributed by atoms with Gasteiger partial charge < -0.3 is 20.1 Å². The first kappa shape index (κ1) is 18.4. The molecule has 0 aliphatic carbocycles. The fourth-order valence-electron chi connectivity index (χ4n) is 3.02. The number of ether oxygens (including phenoxy) is 2. The molecule has 2 saturated heterocycles. The van der Waals surface area contributed by atoms with E-state index in [1.807, 2.05) is 0 Å². The van der Waals surface area contributed by atoms with Crippen molar-refractivity contribution in [2.75, 3.05) is 20.3 Å². The number of thiocarbonyl (C=S) groups is 1. The molecule has 1 aromatic rings. The standard InChI is InChI=1S/C17H22N4O4S/c1-17(11-5-3-6-12(9-11)24-2)14(22)21(16(23)19-17)20-15(26)18-10-13-7-4-8-25-13/h3,5-6,9,13H,4,7-8,10H2,1-2H3,(H,19,23)(H2,18,20,26)/t13-,17-/m1/s1. The molecule has 0 radical (unpaired) electrons. The molecule has 1 aromatic carbocycles. The summed E-state index contributed by atoms with van der Waals surface area (Å²) in [6, 6.07) is 6.45. The van der Waals surface area contributed by atoms with Crippen molar-refractivity contribution in [2.45, 2.75) is 31.4 Å². The quantitative estimate of drug-likeness (QED) is 0.520. The molecular weight excluding hydrogens is 356 g/mol. The summed E-state index contributed by atoms with van der Waals surface area (Å²) < 4.78 is 10.7. The van der Waals surface area contributed by atoms with Crippen LogP contribution in [0.1, 0.15) is 25.3 Å². The molecule has 2 atom stereocenters. The number of carbonyl (C=O) groups is 2. The van der Waals surface area contributed by atoms with E-state index in [0.29, 0.717) is 17.9 Å². The Labute approximate surface area is 157 Å². The van der Waals surface area contributed by atoms with Crippen molar-refractivity contribution in [3.05, 3.63) is 29.8 Å². The summed E-state index contributed by atoms with van der Waals surface area (Å²) >= 11 is 5.19. The molecule has 0 saturated carbocycles. The van der Waals surface area contributed by atoms with E-state index >= 15 is 0 Å². The molecule has 26 heavy (non-hydrogen) atoms. The van der Waals surface area contributed by atoms with E-state index in [1.165, 1.54) is 0 Å². The zero-order valence-corrected chi connectivity index (χ0v) is 15.5. The lowest BCUT2D eigenvalue weighted by Gasteiger charge is -2.23. The van der Waals surface area contributed by atoms with E-state index < -0.39 is 17.5 Å². The fourth-order valence-corrected chi connectivity index (χ4v) is 3.20. The van der Waals surface area contributed by atoms with Crippen LogP contribution < -0.4 is 20.8 Å². The number of amides is 3. The maximum absolute atomic E-state index is 12.9. The number of nitrogens with zero attached hydrogens (tertiary/aromatic N) is 1. The number of imide groups is 1. The highest BCUT2D eigenvalue weighted by Crippen LogP contribution is 2.30. The van der Waals surface area contributed by atoms with Crippen LogP contribution in [0.4, 0.5) is 4.79 Å². The van der Waals surface area contributed by atoms with Crippen molar-refractivity contribution >= 4 is 29.3 Å². The predicted molar refractivity (Wildman–Crippen MR) is 98.4 cm³/mol. The van der Waals surface area contributed by atoms with E-state index in [-0.39, 0.29) is 11.2 Å². The minimum Gasteiger partial charge on any atom is -0.497 e. The van der Waals surface area contributed by atoms with Gasteiger partial charge in [0.05, 0.1) is 13.2 Å². The molecule has 2 aliphatic rings. The van der Waals surface area contributed by atoms with Crippen LogP contribution in [0.2, 0.25) is 0 Å². The predicted octanol–water partition coefficient (Wildman–Crippen LogP) is 1.02. The SMILES string of the molecule is COc1cccc([C@@]2(C)NC(=O)N(NC(=S)NC[C@H]3CCCO3)C2=O)c1. The summed E-state index contributed by atoms with van der Waals surface area (Å²) in [4.78, 5) is 25.2. The number of hydrogen-bond donors (Lipinski definition) is 3. The van der Waals surface area contributed by atoms with Crippen LogP contribution in [-0.4, -0.2) is 48.4 Å². The van der Waals surface area contributed by atoms with Crippen molar-refractivity contribution in [1.29, 1.82) is 0 Å². The number of methoxy groups -OCH3 is 1. The smallest absolute Gasteiger partial charge is 0.344 e. The Hall–Kier alpha value is -2.39. The summed E-state index contributed by atoms with van der Waals surface area (Å²) in [5, 5.41) is 6.77. The highest BCUT2D eigenvalue weighted by atomic mass is 32.1. The van der Waals surface area contributed by atoms with Crippen molar-refractivity contribution in [3.63, 3.8) is 0 Å². The maximum Gasteiger partial charge on any atom is 0.344 e. The van der Waals surface area contributed by atoms with Gasteiger partial charge in [0.15, 0.2) is 5.11 Å². The van der Waals surface area contributed by atoms with E-state index in [4.69, 9.17) is 21.7 Å². The second-order valence-electron chi connectivity index (χ2n) is 6.38. The Morgan fingerprint density at radius 2 is 2.31 bits per heavy atom. The minimum atomic E-state index is -1.21. The summed E-state index contributed by atoms with van der Waals surface area (Å²) in [6.45, 7) is 2.92. The van der Waals surface area contributed by atoms with Crippen molar-refractivity contribution < 1.29 is 19.1 Å². The molecule has 0 bridgehead atoms. The highest BCUT2D eigenvalue weighted by Gasteiger charge is 2.50. The van der Waals surface area contributed by atoms with Crippen molar-refractivity contribution in [1.82, 2.24) is 21.1 Å². The normalized spacial score (nSPS) is 25.2. The van der Waals surface area contributed by atoms with Gasteiger partial charge in [0.1, 0.15) is 11.3 Å². The third-order valence-electron chi connectivity index (χ3n) is 4.57. The molecule has 3 N–H and O–H groups in total. The Balaban J connectivity index is 1.66. The Bertz CT molecular complexity index is 722. The molecule has 3 rings (SSSR count). The molecule has 2 fully saturated rings. The van der Waals surface area contributed by atoms with Crippen LogP contribution >= 0.6 is 12.2 Å². The number of hydrazine groups is 1. The third-order valence-corrected chi connectivity index (χ3v) is 4.80. The highest BCUT2D eigenvalue weighted by molar-refractivity contribution is 7.80. The van der Waals surface area contributed by atoms with Gasteiger partial charge in [-0.2, -0.15) is 5.01 Å². The Kier molecular flexibility index (Phi) is 5.28. The maximum atomic E-state index is 12.9. The largest absolute Gasteiger partial charge is 0.497 e. The lowest BCUT2D eigenvalue weighted by molar-refractivity contribution is -0.132. The number of carbonyl (C=O) groups excluding carboxylic acids is 2. The number of hydrogen-bond acceptors (Lipinski definition) is 5. The van der Waals surface area contributed by atoms with Gasteiger partial charge in [-0.25, -0.2) is 4.79 Å². The van der Waals surface area contributed by atoms with Crippen LogP contribution in [0.3, 0.4) is 0 Å². The summed E-state index contributed by atoms with van der Waals surface area (Å²) in [6.07, 6.45) is 2.09. The summed E-state index contributed by atoms with van der Waals surface area (Å²) in [7, 11) is 1.54. The molecule has 0 unspecified atom stereocenters. The Morgan fingerprint density at radius 1 is 1.50 bits per heavy atom. The van der Waals surface area contributed by atoms with Crippen LogP contribution in [-0.2, 0) is 15.1 Å². The zero-order valence-electron chi connectivity index (χ0n) is 14.7. The first-order chi connectivity index (χ1) is 12.4. The fraction of sp³-hybridized carbons (Fsp3) is 0.471. The molecule has 2 aliphatic heterocycles. The monoisotopic (exact) mass is 378 g/mol. The van der Waals surface area contributed by atoms with Gasteiger partial charge in [-0.1, -0.05) is 12.1 Å². The average molecular weight is 378 g/mol. The molecule has 0 spiro atoms. The van der Waals surface area contributed by atoms with Gasteiger partial charge in [0.2, 0.25) is 0 Å². The number of benzene rings is 1. The van der Waals surface area contributed by atoms with Gasteiger partial charge >= 0.3 is 6.03 Å². The molecule has 8 nitrogen and oxygen atoms in total. The van der Waals surface area contributed by atoms with E-state index in [0.717, 1.165) is 24.5 Å². The van der Waals surface area contributed by atoms with Crippen molar-refractivity contribution in [2.24, 2.45) is 0 Å². The number of rotatable bonds is 5. The molecule has 140 valence electrons. The van der Waals surface area contributed by atoms with E-state index in [9.17, 15) is 9.59 Å². The molecular formula is C17H22N4O4S. The Morgan fingerprint density at radius 3 is 3.00 bits per heavy atom. The first-order valence-corrected chi connectivity index (χ1v) is 8.82. The average Bonchev–Trinajstić information content (AvgIpc) is 3.23. The van der Waals surface area contributed by atoms with E-state index in [2.05, 4.69) is 16.1 Å². The van der Waals surface area contributed by atoms with Crippen molar-refractivity contribution in [3.8, 4) is 5.75 Å². The lowest BCUT2D eigenvalue weighted by atomic mass is 9.92. The van der Waals surface area contributed by atoms with Gasteiger partial charge in [0, 0.05) is 13.2 Å². The number of urea groups is 1. The third kappa shape index (κ3) is 3.58. The van der Waals surface area contributed by atoms with Crippen LogP contribution in [0, 0.1) is 0 Å². The second-order valence-corrected chi connectivity index (χ2v) is 6.79. The summed E-state index contributed by atoms with van der Waals surface area (Å²) in [5.74, 6) is 0.156. The van der Waals surface area contributed by atoms with E-state index in [1.54, 1.807) is 38.3 Å². The minimum absolute atomic E-state index is 0.0971. The molecule has 0 aromatic heterocycles. The second kappa shape index (κ2) is 7.46. The van der Waals surface area contributed by atoms with Crippen LogP contribution in [0.5, 0.6) is 5.75 Å². The first-order valence-electron chi connectivity index (χ1n) is 8.41. The van der Waals surface area contributed by atoms with Crippen LogP contribution in [0.25, 0.3) is 0 Å². The van der Waals surface area contributed by atoms with Gasteiger partial charge in [-0.3, -0.25) is 10.2 Å². The van der Waals surface area contributed by atoms with Gasteiger partial charge in [0.25, 0.3) is 5.91 Å². The van der Waals surface area contributed by atoms with Crippen LogP contribution in [0.15, 0.2) is 24.3 Å². The van der Waals surface area contributed by atoms with Gasteiger partial charge in [-0.05, 0) is 49.7 Å². The lowest BCUT2D eigenvalue weighted by Crippen LogP contribution is -2.52. The molecule has 2 heterocycles. The summed E-state index contributed by atoms with van der Waals surface area (Å²) in [5.41, 5.74) is 2.08. The topological polar surface area (TPSA) is 91.9 Å².